The number of hydrogen-bond donors (Lipinski definition) is 1. The topological polar surface area (TPSA) is 64.4 Å². The van der Waals surface area contributed by atoms with Gasteiger partial charge < -0.3 is 9.84 Å². The maximum Gasteiger partial charge on any atom is 0.348 e. The number of halogens is 1. The van der Waals surface area contributed by atoms with E-state index in [9.17, 15) is 14.3 Å². The van der Waals surface area contributed by atoms with Crippen molar-refractivity contribution in [3.05, 3.63) is 64.5 Å². The largest absolute Gasteiger partial charge is 0.507 e. The van der Waals surface area contributed by atoms with Gasteiger partial charge in [0, 0.05) is 11.6 Å². The molecule has 0 spiro atoms. The molecule has 1 unspecified atom stereocenters. The Kier molecular flexibility index (Phi) is 2.66. The van der Waals surface area contributed by atoms with Crippen LogP contribution in [0.1, 0.15) is 11.7 Å². The molecule has 0 amide bonds. The third-order valence-corrected chi connectivity index (χ3v) is 3.81. The van der Waals surface area contributed by atoms with Crippen LogP contribution in [0.4, 0.5) is 4.39 Å². The minimum absolute atomic E-state index is 0.0425. The molecule has 0 bridgehead atoms. The molecule has 0 saturated heterocycles. The zero-order valence-electron chi connectivity index (χ0n) is 11.4. The number of phenols is 1. The number of aromatic nitrogens is 2. The van der Waals surface area contributed by atoms with Gasteiger partial charge >= 0.3 is 5.69 Å². The van der Waals surface area contributed by atoms with Crippen molar-refractivity contribution in [3.63, 3.8) is 0 Å². The van der Waals surface area contributed by atoms with Crippen molar-refractivity contribution in [3.8, 4) is 11.5 Å². The van der Waals surface area contributed by atoms with E-state index >= 15 is 0 Å². The fraction of sp³-hybridized carbons (Fsp3) is 0.125. The monoisotopic (exact) mass is 298 g/mol. The highest BCUT2D eigenvalue weighted by Crippen LogP contribution is 2.37. The van der Waals surface area contributed by atoms with Gasteiger partial charge in [0.2, 0.25) is 0 Å². The lowest BCUT2D eigenvalue weighted by Gasteiger charge is -2.28. The molecule has 2 aromatic carbocycles. The number of phenolic OH excluding ortho intramolecular Hbond substituents is 1. The van der Waals surface area contributed by atoms with Gasteiger partial charge in [-0.1, -0.05) is 18.2 Å². The van der Waals surface area contributed by atoms with Crippen LogP contribution in [-0.2, 0) is 6.54 Å². The Balaban J connectivity index is 1.93. The molecule has 110 valence electrons. The highest BCUT2D eigenvalue weighted by atomic mass is 19.1. The van der Waals surface area contributed by atoms with E-state index in [0.717, 1.165) is 5.39 Å². The second-order valence-corrected chi connectivity index (χ2v) is 5.12. The van der Waals surface area contributed by atoms with E-state index in [4.69, 9.17) is 4.74 Å². The maximum atomic E-state index is 14.1. The smallest absolute Gasteiger partial charge is 0.348 e. The average Bonchev–Trinajstić information content (AvgIpc) is 2.51. The molecule has 2 heterocycles. The third-order valence-electron chi connectivity index (χ3n) is 3.81. The fourth-order valence-electron chi connectivity index (χ4n) is 2.84. The van der Waals surface area contributed by atoms with Gasteiger partial charge in [-0.15, -0.1) is 0 Å². The molecule has 6 heteroatoms. The standard InChI is InChI=1S/C16H11FN2O3/c17-10-4-2-5-11(20)14(10)13-8-19-15-9(7-18-16(19)21)3-1-6-12(15)22-13/h1-7,13,20H,8H2. The highest BCUT2D eigenvalue weighted by Gasteiger charge is 2.28. The van der Waals surface area contributed by atoms with Gasteiger partial charge in [0.05, 0.1) is 17.6 Å². The van der Waals surface area contributed by atoms with Crippen LogP contribution < -0.4 is 10.4 Å². The van der Waals surface area contributed by atoms with Crippen molar-refractivity contribution in [2.24, 2.45) is 0 Å². The van der Waals surface area contributed by atoms with Gasteiger partial charge in [-0.05, 0) is 18.2 Å². The molecule has 0 aliphatic carbocycles. The second kappa shape index (κ2) is 4.56. The molecule has 1 aromatic heterocycles. The Morgan fingerprint density at radius 3 is 2.91 bits per heavy atom. The first-order chi connectivity index (χ1) is 10.6. The average molecular weight is 298 g/mol. The van der Waals surface area contributed by atoms with Gasteiger partial charge in [0.15, 0.2) is 0 Å². The van der Waals surface area contributed by atoms with Crippen molar-refractivity contribution < 1.29 is 14.2 Å². The number of aromatic hydroxyl groups is 1. The minimum atomic E-state index is -0.791. The summed E-state index contributed by atoms with van der Waals surface area (Å²) < 4.78 is 21.3. The lowest BCUT2D eigenvalue weighted by Crippen LogP contribution is -2.31. The summed E-state index contributed by atoms with van der Waals surface area (Å²) in [5.41, 5.74) is 0.250. The van der Waals surface area contributed by atoms with Crippen LogP contribution in [0.25, 0.3) is 10.9 Å². The van der Waals surface area contributed by atoms with Crippen LogP contribution in [-0.4, -0.2) is 14.7 Å². The van der Waals surface area contributed by atoms with Gasteiger partial charge in [0.1, 0.15) is 23.4 Å². The Bertz CT molecular complexity index is 932. The number of benzene rings is 2. The Morgan fingerprint density at radius 1 is 1.27 bits per heavy atom. The molecule has 5 nitrogen and oxygen atoms in total. The molecule has 0 saturated carbocycles. The summed E-state index contributed by atoms with van der Waals surface area (Å²) in [6.45, 7) is 0.0919. The molecule has 0 radical (unpaired) electrons. The van der Waals surface area contributed by atoms with E-state index in [-0.39, 0.29) is 17.9 Å². The third kappa shape index (κ3) is 1.77. The molecule has 1 aliphatic heterocycles. The molecule has 1 N–H and O–H groups in total. The minimum Gasteiger partial charge on any atom is -0.507 e. The van der Waals surface area contributed by atoms with Gasteiger partial charge in [-0.25, -0.2) is 14.2 Å². The lowest BCUT2D eigenvalue weighted by atomic mass is 10.1. The first-order valence-electron chi connectivity index (χ1n) is 6.78. The molecule has 3 aromatic rings. The zero-order valence-corrected chi connectivity index (χ0v) is 11.4. The normalized spacial score (nSPS) is 16.5. The van der Waals surface area contributed by atoms with E-state index in [2.05, 4.69) is 4.98 Å². The molecule has 0 fully saturated rings. The lowest BCUT2D eigenvalue weighted by molar-refractivity contribution is 0.163. The molecule has 4 rings (SSSR count). The van der Waals surface area contributed by atoms with Gasteiger partial charge in [-0.2, -0.15) is 0 Å². The predicted molar refractivity (Wildman–Crippen MR) is 77.4 cm³/mol. The molecular weight excluding hydrogens is 287 g/mol. The Labute approximate surface area is 124 Å². The number of para-hydroxylation sites is 1. The molecule has 1 aliphatic rings. The van der Waals surface area contributed by atoms with E-state index in [1.165, 1.54) is 29.0 Å². The zero-order chi connectivity index (χ0) is 15.3. The predicted octanol–water partition coefficient (Wildman–Crippen LogP) is 2.37. The summed E-state index contributed by atoms with van der Waals surface area (Å²) in [6.07, 6.45) is 0.697. The van der Waals surface area contributed by atoms with Crippen LogP contribution in [0.5, 0.6) is 11.5 Å². The van der Waals surface area contributed by atoms with Crippen molar-refractivity contribution in [1.29, 1.82) is 0 Å². The first kappa shape index (κ1) is 12.8. The van der Waals surface area contributed by atoms with Crippen LogP contribution >= 0.6 is 0 Å². The number of nitrogens with zero attached hydrogens (tertiary/aromatic N) is 2. The second-order valence-electron chi connectivity index (χ2n) is 5.12. The number of ether oxygens (including phenoxy) is 1. The van der Waals surface area contributed by atoms with Crippen LogP contribution in [0, 0.1) is 5.82 Å². The number of hydrogen-bond acceptors (Lipinski definition) is 4. The van der Waals surface area contributed by atoms with E-state index in [0.29, 0.717) is 11.3 Å². The quantitative estimate of drug-likeness (QED) is 0.749. The Hall–Kier alpha value is -2.89. The molecule has 22 heavy (non-hydrogen) atoms. The van der Waals surface area contributed by atoms with E-state index in [1.54, 1.807) is 12.1 Å². The fourth-order valence-corrected chi connectivity index (χ4v) is 2.84. The van der Waals surface area contributed by atoms with Crippen molar-refractivity contribution in [1.82, 2.24) is 9.55 Å². The summed E-state index contributed by atoms with van der Waals surface area (Å²) in [4.78, 5) is 15.9. The summed E-state index contributed by atoms with van der Waals surface area (Å²) in [5.74, 6) is -0.300. The number of rotatable bonds is 1. The summed E-state index contributed by atoms with van der Waals surface area (Å²) in [7, 11) is 0. The van der Waals surface area contributed by atoms with Crippen LogP contribution in [0.3, 0.4) is 0 Å². The van der Waals surface area contributed by atoms with Gasteiger partial charge in [0.25, 0.3) is 0 Å². The van der Waals surface area contributed by atoms with Crippen molar-refractivity contribution in [2.45, 2.75) is 12.6 Å². The van der Waals surface area contributed by atoms with Crippen LogP contribution in [0.15, 0.2) is 47.4 Å². The Morgan fingerprint density at radius 2 is 2.09 bits per heavy atom. The van der Waals surface area contributed by atoms with Crippen LogP contribution in [0.2, 0.25) is 0 Å². The highest BCUT2D eigenvalue weighted by molar-refractivity contribution is 5.84. The molecular formula is C16H11FN2O3. The summed E-state index contributed by atoms with van der Waals surface area (Å²) in [5, 5.41) is 10.7. The van der Waals surface area contributed by atoms with Gasteiger partial charge in [-0.3, -0.25) is 4.57 Å². The van der Waals surface area contributed by atoms with Crippen molar-refractivity contribution >= 4 is 10.9 Å². The summed E-state index contributed by atoms with van der Waals surface area (Å²) >= 11 is 0. The summed E-state index contributed by atoms with van der Waals surface area (Å²) in [6, 6.07) is 9.37. The van der Waals surface area contributed by atoms with Crippen molar-refractivity contribution in [2.75, 3.05) is 0 Å². The SMILES string of the molecule is O=c1ncc2cccc3c2n1CC(c1c(O)cccc1F)O3. The first-order valence-corrected chi connectivity index (χ1v) is 6.78. The van der Waals surface area contributed by atoms with E-state index in [1.807, 2.05) is 6.07 Å². The maximum absolute atomic E-state index is 14.1. The van der Waals surface area contributed by atoms with E-state index < -0.39 is 17.6 Å². The molecule has 1 atom stereocenters.